The van der Waals surface area contributed by atoms with Gasteiger partial charge in [-0.15, -0.1) is 0 Å². The Bertz CT molecular complexity index is 606. The second-order valence-corrected chi connectivity index (χ2v) is 4.58. The van der Waals surface area contributed by atoms with E-state index < -0.39 is 17.5 Å². The number of ether oxygens (including phenoxy) is 1. The molecule has 0 saturated carbocycles. The van der Waals surface area contributed by atoms with Crippen molar-refractivity contribution in [2.24, 2.45) is 0 Å². The van der Waals surface area contributed by atoms with E-state index in [1.807, 2.05) is 31.2 Å². The van der Waals surface area contributed by atoms with Gasteiger partial charge in [0.2, 0.25) is 0 Å². The first-order chi connectivity index (χ1) is 10.0. The van der Waals surface area contributed by atoms with Crippen LogP contribution >= 0.6 is 0 Å². The Balaban J connectivity index is 1.80. The number of hydrogen-bond donors (Lipinski definition) is 1. The summed E-state index contributed by atoms with van der Waals surface area (Å²) in [6, 6.07) is 10.2. The first kappa shape index (κ1) is 15.0. The highest BCUT2D eigenvalue weighted by Crippen LogP contribution is 2.11. The van der Waals surface area contributed by atoms with Gasteiger partial charge in [0.15, 0.2) is 0 Å². The highest BCUT2D eigenvalue weighted by atomic mass is 19.1. The fourth-order valence-corrected chi connectivity index (χ4v) is 1.75. The summed E-state index contributed by atoms with van der Waals surface area (Å²) < 4.78 is 31.4. The third-order valence-corrected chi connectivity index (χ3v) is 2.80. The predicted octanol–water partition coefficient (Wildman–Crippen LogP) is 3.08. The minimum absolute atomic E-state index is 0.0529. The van der Waals surface area contributed by atoms with E-state index in [4.69, 9.17) is 4.74 Å². The monoisotopic (exact) mass is 291 g/mol. The molecule has 0 radical (unpaired) electrons. The quantitative estimate of drug-likeness (QED) is 0.860. The lowest BCUT2D eigenvalue weighted by Crippen LogP contribution is -2.28. The molecule has 0 atom stereocenters. The first-order valence-electron chi connectivity index (χ1n) is 6.48. The molecule has 21 heavy (non-hydrogen) atoms. The number of aryl methyl sites for hydroxylation is 1. The Kier molecular flexibility index (Phi) is 4.87. The Labute approximate surface area is 121 Å². The number of carbonyl (C=O) groups excluding carboxylic acids is 1. The standard InChI is InChI=1S/C16H15F2NO2/c1-11-2-4-15(5-3-11)21-7-6-19-16(20)12-8-13(17)10-14(18)9-12/h2-5,8-10H,6-7H2,1H3,(H,19,20). The van der Waals surface area contributed by atoms with Crippen molar-refractivity contribution in [2.75, 3.05) is 13.2 Å². The van der Waals surface area contributed by atoms with Gasteiger partial charge in [-0.2, -0.15) is 0 Å². The molecule has 2 rings (SSSR count). The van der Waals surface area contributed by atoms with Gasteiger partial charge in [-0.25, -0.2) is 8.78 Å². The van der Waals surface area contributed by atoms with Crippen LogP contribution in [-0.4, -0.2) is 19.1 Å². The van der Waals surface area contributed by atoms with Crippen LogP contribution in [-0.2, 0) is 0 Å². The van der Waals surface area contributed by atoms with Gasteiger partial charge in [0, 0.05) is 11.6 Å². The number of benzene rings is 2. The van der Waals surface area contributed by atoms with Crippen LogP contribution in [0.4, 0.5) is 8.78 Å². The van der Waals surface area contributed by atoms with Gasteiger partial charge in [-0.3, -0.25) is 4.79 Å². The molecule has 0 aliphatic rings. The molecule has 0 bridgehead atoms. The molecule has 0 aromatic heterocycles. The lowest BCUT2D eigenvalue weighted by molar-refractivity contribution is 0.0946. The number of amides is 1. The molecule has 1 amide bonds. The molecule has 110 valence electrons. The van der Waals surface area contributed by atoms with Gasteiger partial charge in [0.05, 0.1) is 6.54 Å². The topological polar surface area (TPSA) is 38.3 Å². The van der Waals surface area contributed by atoms with Crippen LogP contribution in [0.3, 0.4) is 0 Å². The van der Waals surface area contributed by atoms with E-state index in [0.717, 1.165) is 23.8 Å². The second-order valence-electron chi connectivity index (χ2n) is 4.58. The molecule has 2 aromatic carbocycles. The maximum absolute atomic E-state index is 13.0. The molecule has 5 heteroatoms. The van der Waals surface area contributed by atoms with Gasteiger partial charge in [-0.05, 0) is 31.2 Å². The highest BCUT2D eigenvalue weighted by Gasteiger charge is 2.08. The van der Waals surface area contributed by atoms with Crippen LogP contribution in [0.15, 0.2) is 42.5 Å². The Morgan fingerprint density at radius 3 is 2.33 bits per heavy atom. The van der Waals surface area contributed by atoms with Crippen molar-refractivity contribution in [3.8, 4) is 5.75 Å². The SMILES string of the molecule is Cc1ccc(OCCNC(=O)c2cc(F)cc(F)c2)cc1. The summed E-state index contributed by atoms with van der Waals surface area (Å²) in [5.74, 6) is -1.40. The summed E-state index contributed by atoms with van der Waals surface area (Å²) in [4.78, 5) is 11.7. The highest BCUT2D eigenvalue weighted by molar-refractivity contribution is 5.94. The third-order valence-electron chi connectivity index (χ3n) is 2.80. The summed E-state index contributed by atoms with van der Waals surface area (Å²) in [6.07, 6.45) is 0. The molecule has 3 nitrogen and oxygen atoms in total. The van der Waals surface area contributed by atoms with Crippen molar-refractivity contribution in [1.29, 1.82) is 0 Å². The maximum Gasteiger partial charge on any atom is 0.251 e. The lowest BCUT2D eigenvalue weighted by Gasteiger charge is -2.08. The van der Waals surface area contributed by atoms with E-state index in [2.05, 4.69) is 5.32 Å². The summed E-state index contributed by atoms with van der Waals surface area (Å²) >= 11 is 0. The van der Waals surface area contributed by atoms with Gasteiger partial charge >= 0.3 is 0 Å². The summed E-state index contributed by atoms with van der Waals surface area (Å²) in [5.41, 5.74) is 1.08. The van der Waals surface area contributed by atoms with Gasteiger partial charge < -0.3 is 10.1 Å². The number of nitrogens with one attached hydrogen (secondary N) is 1. The molecule has 0 heterocycles. The van der Waals surface area contributed by atoms with Gasteiger partial charge in [0.25, 0.3) is 5.91 Å². The normalized spacial score (nSPS) is 10.2. The zero-order valence-electron chi connectivity index (χ0n) is 11.5. The summed E-state index contributed by atoms with van der Waals surface area (Å²) in [7, 11) is 0. The molecule has 2 aromatic rings. The fraction of sp³-hybridized carbons (Fsp3) is 0.188. The van der Waals surface area contributed by atoms with Crippen LogP contribution in [0.2, 0.25) is 0 Å². The van der Waals surface area contributed by atoms with Gasteiger partial charge in [0.1, 0.15) is 24.0 Å². The van der Waals surface area contributed by atoms with Crippen molar-refractivity contribution in [3.05, 3.63) is 65.2 Å². The van der Waals surface area contributed by atoms with E-state index in [0.29, 0.717) is 5.75 Å². The minimum atomic E-state index is -0.781. The predicted molar refractivity (Wildman–Crippen MR) is 75.4 cm³/mol. The van der Waals surface area contributed by atoms with Crippen LogP contribution < -0.4 is 10.1 Å². The third kappa shape index (κ3) is 4.56. The summed E-state index contributed by atoms with van der Waals surface area (Å²) in [6.45, 7) is 2.49. The van der Waals surface area contributed by atoms with E-state index in [9.17, 15) is 13.6 Å². The smallest absolute Gasteiger partial charge is 0.251 e. The van der Waals surface area contributed by atoms with Gasteiger partial charge in [-0.1, -0.05) is 17.7 Å². The molecule has 0 saturated heterocycles. The molecule has 0 aliphatic carbocycles. The van der Waals surface area contributed by atoms with E-state index in [1.165, 1.54) is 0 Å². The Hall–Kier alpha value is -2.43. The van der Waals surface area contributed by atoms with Crippen LogP contribution in [0.25, 0.3) is 0 Å². The fourth-order valence-electron chi connectivity index (χ4n) is 1.75. The average Bonchev–Trinajstić information content (AvgIpc) is 2.44. The zero-order valence-corrected chi connectivity index (χ0v) is 11.5. The van der Waals surface area contributed by atoms with E-state index >= 15 is 0 Å². The van der Waals surface area contributed by atoms with Crippen LogP contribution in [0.5, 0.6) is 5.75 Å². The molecule has 0 unspecified atom stereocenters. The molecule has 0 spiro atoms. The molecule has 0 aliphatic heterocycles. The maximum atomic E-state index is 13.0. The Morgan fingerprint density at radius 1 is 1.10 bits per heavy atom. The lowest BCUT2D eigenvalue weighted by atomic mass is 10.2. The molecular weight excluding hydrogens is 276 g/mol. The van der Waals surface area contributed by atoms with Crippen molar-refractivity contribution in [2.45, 2.75) is 6.92 Å². The average molecular weight is 291 g/mol. The van der Waals surface area contributed by atoms with E-state index in [1.54, 1.807) is 0 Å². The Morgan fingerprint density at radius 2 is 1.71 bits per heavy atom. The number of carbonyl (C=O) groups is 1. The molecular formula is C16H15F2NO2. The summed E-state index contributed by atoms with van der Waals surface area (Å²) in [5, 5.41) is 2.54. The van der Waals surface area contributed by atoms with Crippen molar-refractivity contribution in [1.82, 2.24) is 5.32 Å². The van der Waals surface area contributed by atoms with Crippen LogP contribution in [0.1, 0.15) is 15.9 Å². The number of hydrogen-bond acceptors (Lipinski definition) is 2. The molecule has 1 N–H and O–H groups in total. The van der Waals surface area contributed by atoms with Crippen molar-refractivity contribution >= 4 is 5.91 Å². The zero-order chi connectivity index (χ0) is 15.2. The largest absolute Gasteiger partial charge is 0.492 e. The van der Waals surface area contributed by atoms with E-state index in [-0.39, 0.29) is 18.7 Å². The minimum Gasteiger partial charge on any atom is -0.492 e. The number of rotatable bonds is 5. The molecule has 0 fully saturated rings. The van der Waals surface area contributed by atoms with Crippen molar-refractivity contribution < 1.29 is 18.3 Å². The van der Waals surface area contributed by atoms with Crippen molar-refractivity contribution in [3.63, 3.8) is 0 Å². The second kappa shape index (κ2) is 6.83. The number of halogens is 2. The first-order valence-corrected chi connectivity index (χ1v) is 6.48. The van der Waals surface area contributed by atoms with Crippen LogP contribution in [0, 0.1) is 18.6 Å².